The zero-order chi connectivity index (χ0) is 14.5. The van der Waals surface area contributed by atoms with Crippen LogP contribution in [0.15, 0.2) is 24.7 Å². The minimum atomic E-state index is -1.07. The number of hydrogen-bond donors (Lipinski definition) is 2. The highest BCUT2D eigenvalue weighted by atomic mass is 35.5. The van der Waals surface area contributed by atoms with Gasteiger partial charge in [-0.2, -0.15) is 5.10 Å². The van der Waals surface area contributed by atoms with E-state index in [0.29, 0.717) is 24.7 Å². The summed E-state index contributed by atoms with van der Waals surface area (Å²) in [5, 5.41) is 16.2. The Morgan fingerprint density at radius 1 is 1.55 bits per heavy atom. The van der Waals surface area contributed by atoms with Gasteiger partial charge in [-0.1, -0.05) is 11.6 Å². The number of carbonyl (C=O) groups is 1. The molecule has 20 heavy (non-hydrogen) atoms. The van der Waals surface area contributed by atoms with Gasteiger partial charge < -0.3 is 15.2 Å². The van der Waals surface area contributed by atoms with Crippen LogP contribution in [-0.4, -0.2) is 39.6 Å². The molecular weight excluding hydrogens is 284 g/mol. The van der Waals surface area contributed by atoms with Crippen LogP contribution in [0.2, 0.25) is 5.02 Å². The average molecular weight is 297 g/mol. The summed E-state index contributed by atoms with van der Waals surface area (Å²) >= 11 is 5.98. The summed E-state index contributed by atoms with van der Waals surface area (Å²) in [7, 11) is 1.62. The van der Waals surface area contributed by atoms with Crippen LogP contribution in [0.1, 0.15) is 10.4 Å². The fourth-order valence-corrected chi connectivity index (χ4v) is 1.73. The van der Waals surface area contributed by atoms with Gasteiger partial charge in [-0.3, -0.25) is 4.68 Å². The molecule has 0 amide bonds. The molecule has 2 heterocycles. The molecule has 2 rings (SSSR count). The molecule has 2 aromatic heterocycles. The molecule has 0 saturated heterocycles. The van der Waals surface area contributed by atoms with Gasteiger partial charge in [0.05, 0.1) is 35.6 Å². The Kier molecular flexibility index (Phi) is 4.54. The minimum Gasteiger partial charge on any atom is -0.478 e. The molecule has 8 heteroatoms. The van der Waals surface area contributed by atoms with E-state index in [1.807, 2.05) is 0 Å². The smallest absolute Gasteiger partial charge is 0.337 e. The van der Waals surface area contributed by atoms with Gasteiger partial charge in [-0.25, -0.2) is 9.78 Å². The zero-order valence-corrected chi connectivity index (χ0v) is 11.5. The zero-order valence-electron chi connectivity index (χ0n) is 10.7. The maximum atomic E-state index is 10.8. The van der Waals surface area contributed by atoms with Crippen LogP contribution in [0.4, 0.5) is 11.5 Å². The van der Waals surface area contributed by atoms with Crippen molar-refractivity contribution in [2.24, 2.45) is 0 Å². The number of anilines is 2. The summed E-state index contributed by atoms with van der Waals surface area (Å²) in [6.45, 7) is 1.20. The van der Waals surface area contributed by atoms with Crippen molar-refractivity contribution in [3.8, 4) is 0 Å². The first kappa shape index (κ1) is 14.3. The highest BCUT2D eigenvalue weighted by molar-refractivity contribution is 6.33. The quantitative estimate of drug-likeness (QED) is 0.847. The highest BCUT2D eigenvalue weighted by Crippen LogP contribution is 2.23. The number of carboxylic acids is 1. The Labute approximate surface area is 120 Å². The molecule has 0 bridgehead atoms. The molecule has 0 unspecified atom stereocenters. The lowest BCUT2D eigenvalue weighted by atomic mass is 10.3. The average Bonchev–Trinajstić information content (AvgIpc) is 2.86. The molecule has 2 aromatic rings. The summed E-state index contributed by atoms with van der Waals surface area (Å²) in [5.74, 6) is -0.693. The monoisotopic (exact) mass is 296 g/mol. The Balaban J connectivity index is 2.09. The number of halogens is 1. The topological polar surface area (TPSA) is 89.3 Å². The van der Waals surface area contributed by atoms with E-state index in [1.54, 1.807) is 24.2 Å². The molecule has 0 aliphatic rings. The highest BCUT2D eigenvalue weighted by Gasteiger charge is 2.09. The Morgan fingerprint density at radius 2 is 2.35 bits per heavy atom. The van der Waals surface area contributed by atoms with Crippen LogP contribution >= 0.6 is 11.6 Å². The second-order valence-electron chi connectivity index (χ2n) is 3.97. The number of nitrogens with one attached hydrogen (secondary N) is 1. The summed E-state index contributed by atoms with van der Waals surface area (Å²) in [4.78, 5) is 14.8. The van der Waals surface area contributed by atoms with E-state index >= 15 is 0 Å². The second-order valence-corrected chi connectivity index (χ2v) is 4.38. The van der Waals surface area contributed by atoms with E-state index in [9.17, 15) is 4.79 Å². The van der Waals surface area contributed by atoms with Crippen LogP contribution < -0.4 is 5.32 Å². The first-order valence-corrected chi connectivity index (χ1v) is 6.15. The van der Waals surface area contributed by atoms with Gasteiger partial charge in [0, 0.05) is 19.5 Å². The van der Waals surface area contributed by atoms with E-state index in [4.69, 9.17) is 21.4 Å². The SMILES string of the molecule is COCCn1cc(Nc2ncc(C(=O)O)cc2Cl)cn1. The number of methoxy groups -OCH3 is 1. The number of nitrogens with zero attached hydrogens (tertiary/aromatic N) is 3. The number of aromatic nitrogens is 3. The summed E-state index contributed by atoms with van der Waals surface area (Å²) in [5.41, 5.74) is 0.745. The van der Waals surface area contributed by atoms with Crippen molar-refractivity contribution in [2.45, 2.75) is 6.54 Å². The van der Waals surface area contributed by atoms with Crippen LogP contribution in [0, 0.1) is 0 Å². The van der Waals surface area contributed by atoms with Crippen molar-refractivity contribution < 1.29 is 14.6 Å². The summed E-state index contributed by atoms with van der Waals surface area (Å²) in [6, 6.07) is 1.34. The van der Waals surface area contributed by atoms with E-state index in [2.05, 4.69) is 15.4 Å². The van der Waals surface area contributed by atoms with Gasteiger partial charge in [-0.05, 0) is 6.07 Å². The van der Waals surface area contributed by atoms with Crippen molar-refractivity contribution in [3.63, 3.8) is 0 Å². The number of pyridine rings is 1. The Bertz CT molecular complexity index is 614. The lowest BCUT2D eigenvalue weighted by Crippen LogP contribution is -2.04. The summed E-state index contributed by atoms with van der Waals surface area (Å²) in [6.07, 6.45) is 4.65. The van der Waals surface area contributed by atoms with Crippen LogP contribution in [0.5, 0.6) is 0 Å². The van der Waals surface area contributed by atoms with Crippen molar-refractivity contribution >= 4 is 29.1 Å². The number of rotatable bonds is 6. The van der Waals surface area contributed by atoms with Gasteiger partial charge in [-0.15, -0.1) is 0 Å². The molecule has 7 nitrogen and oxygen atoms in total. The third kappa shape index (κ3) is 3.46. The van der Waals surface area contributed by atoms with Crippen molar-refractivity contribution in [3.05, 3.63) is 35.2 Å². The van der Waals surface area contributed by atoms with E-state index in [-0.39, 0.29) is 10.6 Å². The normalized spacial score (nSPS) is 10.5. The molecule has 0 spiro atoms. The third-order valence-electron chi connectivity index (χ3n) is 2.51. The Morgan fingerprint density at radius 3 is 3.00 bits per heavy atom. The van der Waals surface area contributed by atoms with Gasteiger partial charge in [0.2, 0.25) is 0 Å². The van der Waals surface area contributed by atoms with Gasteiger partial charge in [0.1, 0.15) is 5.82 Å². The Hall–Kier alpha value is -2.12. The van der Waals surface area contributed by atoms with Crippen molar-refractivity contribution in [1.82, 2.24) is 14.8 Å². The van der Waals surface area contributed by atoms with Crippen LogP contribution in [0.25, 0.3) is 0 Å². The number of carboxylic acid groups (broad SMARTS) is 1. The fourth-order valence-electron chi connectivity index (χ4n) is 1.52. The van der Waals surface area contributed by atoms with Gasteiger partial charge >= 0.3 is 5.97 Å². The molecule has 0 radical (unpaired) electrons. The molecule has 2 N–H and O–H groups in total. The molecule has 0 atom stereocenters. The molecule has 0 aromatic carbocycles. The molecule has 0 aliphatic carbocycles. The van der Waals surface area contributed by atoms with Crippen LogP contribution in [0.3, 0.4) is 0 Å². The minimum absolute atomic E-state index is 0.0383. The maximum absolute atomic E-state index is 10.8. The first-order valence-electron chi connectivity index (χ1n) is 5.77. The van der Waals surface area contributed by atoms with Crippen molar-refractivity contribution in [2.75, 3.05) is 19.0 Å². The number of aromatic carboxylic acids is 1. The van der Waals surface area contributed by atoms with E-state index in [0.717, 1.165) is 0 Å². The second kappa shape index (κ2) is 6.36. The first-order chi connectivity index (χ1) is 9.60. The standard InChI is InChI=1S/C12H13ClN4O3/c1-20-3-2-17-7-9(6-15-17)16-11-10(13)4-8(5-14-11)12(18)19/h4-7H,2-3H2,1H3,(H,14,16)(H,18,19). The lowest BCUT2D eigenvalue weighted by Gasteiger charge is -2.05. The third-order valence-corrected chi connectivity index (χ3v) is 2.80. The maximum Gasteiger partial charge on any atom is 0.337 e. The fraction of sp³-hybridized carbons (Fsp3) is 0.250. The van der Waals surface area contributed by atoms with E-state index < -0.39 is 5.97 Å². The van der Waals surface area contributed by atoms with Crippen LogP contribution in [-0.2, 0) is 11.3 Å². The van der Waals surface area contributed by atoms with Gasteiger partial charge in [0.25, 0.3) is 0 Å². The lowest BCUT2D eigenvalue weighted by molar-refractivity contribution is 0.0696. The molecule has 106 valence electrons. The number of hydrogen-bond acceptors (Lipinski definition) is 5. The molecule has 0 aliphatic heterocycles. The predicted octanol–water partition coefficient (Wildman–Crippen LogP) is 2.02. The molecular formula is C12H13ClN4O3. The van der Waals surface area contributed by atoms with Gasteiger partial charge in [0.15, 0.2) is 0 Å². The number of ether oxygens (including phenoxy) is 1. The largest absolute Gasteiger partial charge is 0.478 e. The molecule has 0 saturated carbocycles. The van der Waals surface area contributed by atoms with E-state index in [1.165, 1.54) is 12.3 Å². The predicted molar refractivity (Wildman–Crippen MR) is 73.6 cm³/mol. The van der Waals surface area contributed by atoms with Crippen molar-refractivity contribution in [1.29, 1.82) is 0 Å². The summed E-state index contributed by atoms with van der Waals surface area (Å²) < 4.78 is 6.67. The molecule has 0 fully saturated rings.